The predicted octanol–water partition coefficient (Wildman–Crippen LogP) is 2.25. The highest BCUT2D eigenvalue weighted by molar-refractivity contribution is 5.84. The lowest BCUT2D eigenvalue weighted by atomic mass is 10.1. The van der Waals surface area contributed by atoms with Gasteiger partial charge in [0.15, 0.2) is 0 Å². The first-order valence-corrected chi connectivity index (χ1v) is 5.41. The van der Waals surface area contributed by atoms with Gasteiger partial charge in [0.1, 0.15) is 0 Å². The van der Waals surface area contributed by atoms with E-state index in [-0.39, 0.29) is 0 Å². The molecule has 0 aliphatic carbocycles. The second-order valence-corrected chi connectivity index (χ2v) is 4.14. The number of aryl methyl sites for hydroxylation is 2. The molecule has 0 aliphatic rings. The van der Waals surface area contributed by atoms with Crippen LogP contribution in [-0.4, -0.2) is 18.2 Å². The first-order chi connectivity index (χ1) is 7.22. The summed E-state index contributed by atoms with van der Waals surface area (Å²) in [5.74, 6) is 0. The number of nitrogens with one attached hydrogen (secondary N) is 1. The summed E-state index contributed by atoms with van der Waals surface area (Å²) >= 11 is 0. The number of rotatable bonds is 3. The lowest BCUT2D eigenvalue weighted by Gasteiger charge is -1.99. The fourth-order valence-electron chi connectivity index (χ4n) is 2.05. The molecular formula is C13H18N2. The van der Waals surface area contributed by atoms with Crippen LogP contribution in [0, 0.1) is 6.92 Å². The third kappa shape index (κ3) is 1.90. The summed E-state index contributed by atoms with van der Waals surface area (Å²) in [6.45, 7) is 3.18. The molecule has 0 saturated carbocycles. The highest BCUT2D eigenvalue weighted by Gasteiger charge is 2.05. The van der Waals surface area contributed by atoms with Crippen molar-refractivity contribution in [2.24, 2.45) is 7.05 Å². The summed E-state index contributed by atoms with van der Waals surface area (Å²) < 4.78 is 2.21. The lowest BCUT2D eigenvalue weighted by molar-refractivity contribution is 0.791. The highest BCUT2D eigenvalue weighted by Crippen LogP contribution is 2.22. The zero-order chi connectivity index (χ0) is 10.8. The zero-order valence-corrected chi connectivity index (χ0v) is 9.67. The van der Waals surface area contributed by atoms with E-state index in [4.69, 9.17) is 0 Å². The smallest absolute Gasteiger partial charge is 0.0480 e. The number of hydrogen-bond acceptors (Lipinski definition) is 1. The number of nitrogens with zero attached hydrogens (tertiary/aromatic N) is 1. The molecule has 2 heteroatoms. The van der Waals surface area contributed by atoms with Crippen LogP contribution in [0.25, 0.3) is 10.9 Å². The van der Waals surface area contributed by atoms with Crippen LogP contribution >= 0.6 is 0 Å². The molecule has 0 bridgehead atoms. The minimum Gasteiger partial charge on any atom is -0.350 e. The molecule has 1 aromatic heterocycles. The molecule has 80 valence electrons. The van der Waals surface area contributed by atoms with Crippen LogP contribution in [0.5, 0.6) is 0 Å². The van der Waals surface area contributed by atoms with Gasteiger partial charge in [-0.2, -0.15) is 0 Å². The molecule has 2 nitrogen and oxygen atoms in total. The quantitative estimate of drug-likeness (QED) is 0.807. The minimum absolute atomic E-state index is 1.03. The molecule has 2 aromatic rings. The first kappa shape index (κ1) is 10.2. The number of likely N-dealkylation sites (N-methyl/N-ethyl adjacent to an activating group) is 1. The van der Waals surface area contributed by atoms with Crippen molar-refractivity contribution in [2.45, 2.75) is 13.3 Å². The summed E-state index contributed by atoms with van der Waals surface area (Å²) in [5, 5.41) is 4.59. The van der Waals surface area contributed by atoms with Gasteiger partial charge in [-0.15, -0.1) is 0 Å². The zero-order valence-electron chi connectivity index (χ0n) is 9.67. The number of fused-ring (bicyclic) bond motifs is 1. The largest absolute Gasteiger partial charge is 0.350 e. The Morgan fingerprint density at radius 1 is 1.33 bits per heavy atom. The topological polar surface area (TPSA) is 17.0 Å². The van der Waals surface area contributed by atoms with E-state index in [1.54, 1.807) is 0 Å². The van der Waals surface area contributed by atoms with E-state index in [9.17, 15) is 0 Å². The van der Waals surface area contributed by atoms with Crippen molar-refractivity contribution in [3.05, 3.63) is 35.5 Å². The molecule has 0 amide bonds. The normalized spacial score (nSPS) is 11.1. The maximum atomic E-state index is 3.20. The molecule has 0 aliphatic heterocycles. The Labute approximate surface area is 90.9 Å². The predicted molar refractivity (Wildman–Crippen MR) is 65.3 cm³/mol. The summed E-state index contributed by atoms with van der Waals surface area (Å²) in [6, 6.07) is 6.65. The van der Waals surface area contributed by atoms with E-state index in [0.717, 1.165) is 13.0 Å². The second-order valence-electron chi connectivity index (χ2n) is 4.14. The summed E-state index contributed by atoms with van der Waals surface area (Å²) in [4.78, 5) is 0. The molecule has 0 saturated heterocycles. The third-order valence-corrected chi connectivity index (χ3v) is 2.87. The lowest BCUT2D eigenvalue weighted by Crippen LogP contribution is -2.09. The Kier molecular flexibility index (Phi) is 2.78. The van der Waals surface area contributed by atoms with Crippen LogP contribution in [0.2, 0.25) is 0 Å². The molecular weight excluding hydrogens is 184 g/mol. The highest BCUT2D eigenvalue weighted by atomic mass is 14.9. The van der Waals surface area contributed by atoms with Gasteiger partial charge in [-0.1, -0.05) is 11.6 Å². The molecule has 1 heterocycles. The molecule has 15 heavy (non-hydrogen) atoms. The van der Waals surface area contributed by atoms with Crippen LogP contribution in [0.3, 0.4) is 0 Å². The van der Waals surface area contributed by atoms with Crippen LogP contribution in [-0.2, 0) is 13.5 Å². The van der Waals surface area contributed by atoms with Crippen molar-refractivity contribution in [2.75, 3.05) is 13.6 Å². The molecule has 1 aromatic carbocycles. The average Bonchev–Trinajstić information content (AvgIpc) is 2.52. The van der Waals surface area contributed by atoms with Crippen molar-refractivity contribution in [3.8, 4) is 0 Å². The fraction of sp³-hybridized carbons (Fsp3) is 0.385. The Bertz CT molecular complexity index is 469. The monoisotopic (exact) mass is 202 g/mol. The van der Waals surface area contributed by atoms with Gasteiger partial charge < -0.3 is 9.88 Å². The van der Waals surface area contributed by atoms with E-state index >= 15 is 0 Å². The van der Waals surface area contributed by atoms with E-state index < -0.39 is 0 Å². The Balaban J connectivity index is 2.49. The molecule has 2 rings (SSSR count). The number of hydrogen-bond donors (Lipinski definition) is 1. The summed E-state index contributed by atoms with van der Waals surface area (Å²) in [7, 11) is 4.11. The van der Waals surface area contributed by atoms with Gasteiger partial charge in [-0.25, -0.2) is 0 Å². The van der Waals surface area contributed by atoms with Gasteiger partial charge in [0.25, 0.3) is 0 Å². The van der Waals surface area contributed by atoms with Crippen molar-refractivity contribution in [1.82, 2.24) is 9.88 Å². The Hall–Kier alpha value is -1.28. The Morgan fingerprint density at radius 3 is 2.87 bits per heavy atom. The van der Waals surface area contributed by atoms with Crippen LogP contribution in [0.1, 0.15) is 11.1 Å². The Morgan fingerprint density at radius 2 is 2.13 bits per heavy atom. The maximum Gasteiger partial charge on any atom is 0.0480 e. The van der Waals surface area contributed by atoms with Gasteiger partial charge in [0.05, 0.1) is 0 Å². The van der Waals surface area contributed by atoms with Gasteiger partial charge in [0, 0.05) is 24.1 Å². The van der Waals surface area contributed by atoms with Gasteiger partial charge >= 0.3 is 0 Å². The standard InChI is InChI=1S/C13H18N2/c1-10-4-5-13-12(8-10)11(6-7-14-2)9-15(13)3/h4-5,8-9,14H,6-7H2,1-3H3. The molecule has 1 N–H and O–H groups in total. The molecule has 0 atom stereocenters. The molecule has 0 radical (unpaired) electrons. The van der Waals surface area contributed by atoms with Crippen LogP contribution in [0.4, 0.5) is 0 Å². The van der Waals surface area contributed by atoms with Gasteiger partial charge in [0.2, 0.25) is 0 Å². The average molecular weight is 202 g/mol. The molecule has 0 fully saturated rings. The van der Waals surface area contributed by atoms with E-state index in [2.05, 4.69) is 48.3 Å². The minimum atomic E-state index is 1.03. The van der Waals surface area contributed by atoms with Crippen LogP contribution < -0.4 is 5.32 Å². The molecule has 0 unspecified atom stereocenters. The van der Waals surface area contributed by atoms with Crippen molar-refractivity contribution >= 4 is 10.9 Å². The maximum absolute atomic E-state index is 3.20. The number of aromatic nitrogens is 1. The number of benzene rings is 1. The SMILES string of the molecule is CNCCc1cn(C)c2ccc(C)cc12. The summed E-state index contributed by atoms with van der Waals surface area (Å²) in [6.07, 6.45) is 3.33. The third-order valence-electron chi connectivity index (χ3n) is 2.87. The van der Waals surface area contributed by atoms with E-state index in [1.807, 2.05) is 7.05 Å². The molecule has 0 spiro atoms. The van der Waals surface area contributed by atoms with E-state index in [1.165, 1.54) is 22.0 Å². The van der Waals surface area contributed by atoms with Gasteiger partial charge in [-0.05, 0) is 44.6 Å². The van der Waals surface area contributed by atoms with Crippen LogP contribution in [0.15, 0.2) is 24.4 Å². The summed E-state index contributed by atoms with van der Waals surface area (Å²) in [5.41, 5.74) is 4.09. The second kappa shape index (κ2) is 4.07. The first-order valence-electron chi connectivity index (χ1n) is 5.41. The van der Waals surface area contributed by atoms with Crippen molar-refractivity contribution in [1.29, 1.82) is 0 Å². The fourth-order valence-corrected chi connectivity index (χ4v) is 2.05. The van der Waals surface area contributed by atoms with E-state index in [0.29, 0.717) is 0 Å². The van der Waals surface area contributed by atoms with Crippen molar-refractivity contribution < 1.29 is 0 Å². The van der Waals surface area contributed by atoms with Crippen molar-refractivity contribution in [3.63, 3.8) is 0 Å². The van der Waals surface area contributed by atoms with Gasteiger partial charge in [-0.3, -0.25) is 0 Å².